The summed E-state index contributed by atoms with van der Waals surface area (Å²) in [4.78, 5) is 52.2. The molecular formula is C25H28N2O7. The lowest BCUT2D eigenvalue weighted by Gasteiger charge is -2.26. The van der Waals surface area contributed by atoms with Crippen molar-refractivity contribution in [1.82, 2.24) is 0 Å². The van der Waals surface area contributed by atoms with Crippen molar-refractivity contribution in [1.29, 1.82) is 0 Å². The van der Waals surface area contributed by atoms with Gasteiger partial charge in [0.1, 0.15) is 11.5 Å². The molecule has 0 spiro atoms. The predicted molar refractivity (Wildman–Crippen MR) is 124 cm³/mol. The molecule has 0 fully saturated rings. The van der Waals surface area contributed by atoms with E-state index < -0.39 is 46.4 Å². The number of esters is 1. The van der Waals surface area contributed by atoms with Crippen LogP contribution in [0.1, 0.15) is 44.7 Å². The van der Waals surface area contributed by atoms with E-state index >= 15 is 0 Å². The van der Waals surface area contributed by atoms with Gasteiger partial charge in [-0.3, -0.25) is 19.7 Å². The van der Waals surface area contributed by atoms with Crippen LogP contribution >= 0.6 is 0 Å². The van der Waals surface area contributed by atoms with Crippen molar-refractivity contribution in [3.8, 4) is 0 Å². The fourth-order valence-electron chi connectivity index (χ4n) is 4.13. The van der Waals surface area contributed by atoms with E-state index in [1.807, 2.05) is 0 Å². The van der Waals surface area contributed by atoms with Crippen molar-refractivity contribution in [3.63, 3.8) is 0 Å². The normalized spacial score (nSPS) is 17.0. The van der Waals surface area contributed by atoms with Gasteiger partial charge in [0.25, 0.3) is 0 Å². The summed E-state index contributed by atoms with van der Waals surface area (Å²) in [6, 6.07) is 13.7. The number of para-hydroxylation sites is 1. The van der Waals surface area contributed by atoms with Crippen molar-refractivity contribution >= 4 is 23.7 Å². The van der Waals surface area contributed by atoms with E-state index in [9.17, 15) is 24.5 Å². The first-order chi connectivity index (χ1) is 16.0. The molecule has 2 aromatic carbocycles. The van der Waals surface area contributed by atoms with Gasteiger partial charge >= 0.3 is 12.1 Å². The molecule has 2 amide bonds. The highest BCUT2D eigenvalue weighted by Crippen LogP contribution is 2.44. The van der Waals surface area contributed by atoms with Crippen molar-refractivity contribution in [3.05, 3.63) is 75.8 Å². The molecule has 0 saturated carbocycles. The Morgan fingerprint density at radius 2 is 1.71 bits per heavy atom. The van der Waals surface area contributed by atoms with E-state index in [4.69, 9.17) is 9.47 Å². The fourth-order valence-corrected chi connectivity index (χ4v) is 4.13. The summed E-state index contributed by atoms with van der Waals surface area (Å²) in [6.07, 6.45) is -0.994. The number of imide groups is 1. The second-order valence-electron chi connectivity index (χ2n) is 9.01. The topological polar surface area (TPSA) is 116 Å². The third-order valence-corrected chi connectivity index (χ3v) is 5.47. The Morgan fingerprint density at radius 3 is 2.29 bits per heavy atom. The quantitative estimate of drug-likeness (QED) is 0.341. The van der Waals surface area contributed by atoms with E-state index in [0.717, 1.165) is 4.90 Å². The third kappa shape index (κ3) is 5.24. The number of carbonyl (C=O) groups excluding carboxylic acids is 3. The molecule has 0 aliphatic carbocycles. The number of nitro groups is 1. The number of anilines is 1. The number of fused-ring (bicyclic) bond motifs is 1. The minimum absolute atomic E-state index is 0.0105. The predicted octanol–water partition coefficient (Wildman–Crippen LogP) is 4.12. The van der Waals surface area contributed by atoms with E-state index in [1.165, 1.54) is 0 Å². The second kappa shape index (κ2) is 10.0. The maximum absolute atomic E-state index is 13.6. The molecule has 1 aliphatic heterocycles. The van der Waals surface area contributed by atoms with Gasteiger partial charge in [0.2, 0.25) is 11.9 Å². The Kier molecular flexibility index (Phi) is 7.34. The average Bonchev–Trinajstić information content (AvgIpc) is 3.05. The third-order valence-electron chi connectivity index (χ3n) is 5.47. The summed E-state index contributed by atoms with van der Waals surface area (Å²) >= 11 is 0. The minimum Gasteiger partial charge on any atom is -0.466 e. The molecule has 0 aromatic heterocycles. The molecule has 9 heteroatoms. The van der Waals surface area contributed by atoms with Gasteiger partial charge in [0, 0.05) is 11.3 Å². The zero-order valence-corrected chi connectivity index (χ0v) is 19.6. The molecule has 3 atom stereocenters. The summed E-state index contributed by atoms with van der Waals surface area (Å²) in [5.74, 6) is -4.34. The molecule has 0 unspecified atom stereocenters. The van der Waals surface area contributed by atoms with E-state index in [2.05, 4.69) is 0 Å². The van der Waals surface area contributed by atoms with Gasteiger partial charge in [-0.1, -0.05) is 48.5 Å². The highest BCUT2D eigenvalue weighted by atomic mass is 16.6. The first-order valence-electron chi connectivity index (χ1n) is 11.0. The van der Waals surface area contributed by atoms with Gasteiger partial charge in [-0.05, 0) is 44.9 Å². The highest BCUT2D eigenvalue weighted by Gasteiger charge is 2.54. The monoisotopic (exact) mass is 468 g/mol. The van der Waals surface area contributed by atoms with Crippen LogP contribution in [-0.2, 0) is 25.5 Å². The van der Waals surface area contributed by atoms with Gasteiger partial charge in [-0.15, -0.1) is 0 Å². The molecule has 180 valence electrons. The lowest BCUT2D eigenvalue weighted by atomic mass is 9.80. The lowest BCUT2D eigenvalue weighted by Crippen LogP contribution is -2.46. The van der Waals surface area contributed by atoms with Crippen molar-refractivity contribution in [2.75, 3.05) is 11.5 Å². The van der Waals surface area contributed by atoms with Crippen molar-refractivity contribution < 1.29 is 28.8 Å². The van der Waals surface area contributed by atoms with Crippen LogP contribution in [0.5, 0.6) is 0 Å². The molecule has 2 aromatic rings. The first kappa shape index (κ1) is 24.9. The van der Waals surface area contributed by atoms with E-state index in [-0.39, 0.29) is 18.7 Å². The van der Waals surface area contributed by atoms with Crippen LogP contribution in [0.2, 0.25) is 0 Å². The number of hydrogen-bond donors (Lipinski definition) is 0. The molecule has 0 bridgehead atoms. The molecule has 34 heavy (non-hydrogen) atoms. The molecule has 0 saturated heterocycles. The maximum Gasteiger partial charge on any atom is 0.421 e. The Morgan fingerprint density at radius 1 is 1.09 bits per heavy atom. The smallest absolute Gasteiger partial charge is 0.421 e. The van der Waals surface area contributed by atoms with Gasteiger partial charge in [0.15, 0.2) is 0 Å². The largest absolute Gasteiger partial charge is 0.466 e. The molecule has 1 heterocycles. The fraction of sp³-hybridized carbons (Fsp3) is 0.400. The zero-order valence-electron chi connectivity index (χ0n) is 19.6. The molecule has 0 N–H and O–H groups in total. The van der Waals surface area contributed by atoms with Crippen molar-refractivity contribution in [2.45, 2.75) is 51.7 Å². The molecule has 1 aliphatic rings. The number of rotatable bonds is 7. The number of benzene rings is 2. The van der Waals surface area contributed by atoms with Crippen LogP contribution in [-0.4, -0.2) is 41.1 Å². The van der Waals surface area contributed by atoms with E-state index in [0.29, 0.717) is 11.1 Å². The minimum atomic E-state index is -1.46. The summed E-state index contributed by atoms with van der Waals surface area (Å²) in [5.41, 5.74) is 0.349. The molecule has 0 radical (unpaired) electrons. The lowest BCUT2D eigenvalue weighted by molar-refractivity contribution is -0.529. The number of hydrogen-bond acceptors (Lipinski definition) is 7. The SMILES string of the molecule is CCOC(=O)[C@H]([C@@H]1C(=O)N(C(=O)OC(C)(C)C)c2ccccc21)[C@H](Cc1ccccc1)[N+](=O)[O-]. The highest BCUT2D eigenvalue weighted by molar-refractivity contribution is 6.20. The Hall–Kier alpha value is -3.75. The first-order valence-corrected chi connectivity index (χ1v) is 11.0. The Balaban J connectivity index is 2.10. The van der Waals surface area contributed by atoms with Crippen LogP contribution in [0, 0.1) is 16.0 Å². The van der Waals surface area contributed by atoms with Gasteiger partial charge < -0.3 is 9.47 Å². The molecular weight excluding hydrogens is 440 g/mol. The molecule has 3 rings (SSSR count). The maximum atomic E-state index is 13.6. The van der Waals surface area contributed by atoms with Crippen LogP contribution in [0.3, 0.4) is 0 Å². The number of amides is 2. The van der Waals surface area contributed by atoms with Crippen LogP contribution in [0.15, 0.2) is 54.6 Å². The average molecular weight is 469 g/mol. The standard InChI is InChI=1S/C25H28N2O7/c1-5-33-23(29)21(19(27(31)32)15-16-11-7-6-8-12-16)20-17-13-9-10-14-18(17)26(22(20)28)24(30)34-25(2,3)4/h6-14,19-21H,5,15H2,1-4H3/t19-,20+,21-/m0/s1. The number of nitrogens with zero attached hydrogens (tertiary/aromatic N) is 2. The van der Waals surface area contributed by atoms with Gasteiger partial charge in [0.05, 0.1) is 18.2 Å². The summed E-state index contributed by atoms with van der Waals surface area (Å²) in [5, 5.41) is 12.2. The molecule has 9 nitrogen and oxygen atoms in total. The van der Waals surface area contributed by atoms with Crippen LogP contribution in [0.4, 0.5) is 10.5 Å². The zero-order chi connectivity index (χ0) is 25.0. The Bertz CT molecular complexity index is 1080. The van der Waals surface area contributed by atoms with Crippen molar-refractivity contribution in [2.24, 2.45) is 5.92 Å². The van der Waals surface area contributed by atoms with E-state index in [1.54, 1.807) is 82.3 Å². The van der Waals surface area contributed by atoms with Gasteiger partial charge in [-0.25, -0.2) is 9.69 Å². The summed E-state index contributed by atoms with van der Waals surface area (Å²) in [6.45, 7) is 6.57. The number of carbonyl (C=O) groups is 3. The van der Waals surface area contributed by atoms with Crippen LogP contribution in [0.25, 0.3) is 0 Å². The number of ether oxygens (including phenoxy) is 2. The van der Waals surface area contributed by atoms with Crippen LogP contribution < -0.4 is 4.90 Å². The van der Waals surface area contributed by atoms with Gasteiger partial charge in [-0.2, -0.15) is 0 Å². The summed E-state index contributed by atoms with van der Waals surface area (Å²) in [7, 11) is 0. The summed E-state index contributed by atoms with van der Waals surface area (Å²) < 4.78 is 10.6. The Labute approximate surface area is 197 Å². The second-order valence-corrected chi connectivity index (χ2v) is 9.01.